The van der Waals surface area contributed by atoms with Crippen LogP contribution < -0.4 is 15.4 Å². The number of nitrogens with one attached hydrogen (secondary N) is 2. The first kappa shape index (κ1) is 22.0. The summed E-state index contributed by atoms with van der Waals surface area (Å²) in [6.07, 6.45) is 8.23. The molecule has 7 heteroatoms. The maximum Gasteiger partial charge on any atom is 0.213 e. The lowest BCUT2D eigenvalue weighted by atomic mass is 9.98. The van der Waals surface area contributed by atoms with Crippen LogP contribution in [-0.2, 0) is 11.3 Å². The van der Waals surface area contributed by atoms with Gasteiger partial charge in [0.05, 0.1) is 13.2 Å². The fourth-order valence-corrected chi connectivity index (χ4v) is 2.75. The Hall–Kier alpha value is -1.09. The number of halogens is 1. The maximum atomic E-state index is 6.02. The van der Waals surface area contributed by atoms with E-state index in [1.807, 2.05) is 12.1 Å². The number of ether oxygens (including phenoxy) is 2. The highest BCUT2D eigenvalue weighted by atomic mass is 127. The normalized spacial score (nSPS) is 15.4. The molecule has 0 bridgehead atoms. The zero-order valence-corrected chi connectivity index (χ0v) is 17.6. The molecule has 1 saturated carbocycles. The highest BCUT2D eigenvalue weighted by molar-refractivity contribution is 14.0. The van der Waals surface area contributed by atoms with Crippen molar-refractivity contribution in [3.05, 3.63) is 23.9 Å². The first-order valence-electron chi connectivity index (χ1n) is 8.94. The summed E-state index contributed by atoms with van der Waals surface area (Å²) in [4.78, 5) is 8.94. The quantitative estimate of drug-likeness (QED) is 0.269. The van der Waals surface area contributed by atoms with Crippen molar-refractivity contribution < 1.29 is 9.47 Å². The minimum absolute atomic E-state index is 0. The van der Waals surface area contributed by atoms with E-state index in [4.69, 9.17) is 9.47 Å². The number of aromatic nitrogens is 1. The van der Waals surface area contributed by atoms with Gasteiger partial charge in [-0.3, -0.25) is 0 Å². The van der Waals surface area contributed by atoms with Crippen LogP contribution in [0.1, 0.15) is 44.6 Å². The molecule has 142 valence electrons. The van der Waals surface area contributed by atoms with E-state index in [-0.39, 0.29) is 24.0 Å². The van der Waals surface area contributed by atoms with E-state index in [1.165, 1.54) is 19.3 Å². The summed E-state index contributed by atoms with van der Waals surface area (Å²) in [5.74, 6) is 1.51. The number of hydrogen-bond donors (Lipinski definition) is 2. The minimum atomic E-state index is 0. The number of nitrogens with zero attached hydrogens (tertiary/aromatic N) is 2. The standard InChI is InChI=1S/C18H30N4O2.HI/c1-3-19-18(21-11-12-23-2)22-14-15-9-10-20-17(13-15)24-16-7-5-4-6-8-16;/h9-10,13,16H,3-8,11-12,14H2,1-2H3,(H2,19,21,22);1H. The molecule has 1 aliphatic carbocycles. The Balaban J connectivity index is 0.00000312. The molecule has 1 fully saturated rings. The Labute approximate surface area is 168 Å². The van der Waals surface area contributed by atoms with Crippen molar-refractivity contribution in [1.29, 1.82) is 0 Å². The Morgan fingerprint density at radius 3 is 2.80 bits per heavy atom. The third-order valence-corrected chi connectivity index (χ3v) is 4.00. The van der Waals surface area contributed by atoms with Gasteiger partial charge in [0.2, 0.25) is 5.88 Å². The second-order valence-electron chi connectivity index (χ2n) is 5.99. The molecule has 1 aliphatic rings. The van der Waals surface area contributed by atoms with Crippen LogP contribution in [0.15, 0.2) is 23.3 Å². The molecule has 0 atom stereocenters. The smallest absolute Gasteiger partial charge is 0.213 e. The third kappa shape index (κ3) is 8.71. The van der Waals surface area contributed by atoms with Gasteiger partial charge in [0.25, 0.3) is 0 Å². The van der Waals surface area contributed by atoms with Crippen molar-refractivity contribution in [3.8, 4) is 5.88 Å². The van der Waals surface area contributed by atoms with Crippen LogP contribution in [0.5, 0.6) is 5.88 Å². The predicted octanol–water partition coefficient (Wildman–Crippen LogP) is 3.11. The van der Waals surface area contributed by atoms with Gasteiger partial charge in [-0.1, -0.05) is 6.42 Å². The SMILES string of the molecule is CCNC(=NCc1ccnc(OC2CCCCC2)c1)NCCOC.I. The molecule has 0 radical (unpaired) electrons. The maximum absolute atomic E-state index is 6.02. The number of aliphatic imine (C=N–C) groups is 1. The summed E-state index contributed by atoms with van der Waals surface area (Å²) in [7, 11) is 1.69. The lowest BCUT2D eigenvalue weighted by Gasteiger charge is -2.22. The van der Waals surface area contributed by atoms with Gasteiger partial charge >= 0.3 is 0 Å². The Morgan fingerprint density at radius 1 is 1.28 bits per heavy atom. The van der Waals surface area contributed by atoms with Crippen LogP contribution in [0.25, 0.3) is 0 Å². The van der Waals surface area contributed by atoms with Crippen LogP contribution >= 0.6 is 24.0 Å². The highest BCUT2D eigenvalue weighted by Gasteiger charge is 2.15. The molecule has 1 aromatic heterocycles. The van der Waals surface area contributed by atoms with Crippen LogP contribution in [-0.4, -0.2) is 43.9 Å². The molecule has 1 heterocycles. The van der Waals surface area contributed by atoms with E-state index in [2.05, 4.69) is 27.5 Å². The number of methoxy groups -OCH3 is 1. The third-order valence-electron chi connectivity index (χ3n) is 4.00. The molecule has 1 aromatic rings. The van der Waals surface area contributed by atoms with E-state index >= 15 is 0 Å². The van der Waals surface area contributed by atoms with Gasteiger partial charge in [-0.15, -0.1) is 24.0 Å². The molecule has 25 heavy (non-hydrogen) atoms. The zero-order valence-electron chi connectivity index (χ0n) is 15.3. The van der Waals surface area contributed by atoms with Crippen LogP contribution in [0.4, 0.5) is 0 Å². The summed E-state index contributed by atoms with van der Waals surface area (Å²) in [5.41, 5.74) is 1.10. The van der Waals surface area contributed by atoms with Crippen LogP contribution in [0, 0.1) is 0 Å². The number of pyridine rings is 1. The van der Waals surface area contributed by atoms with Crippen LogP contribution in [0.2, 0.25) is 0 Å². The average Bonchev–Trinajstić information content (AvgIpc) is 2.61. The molecule has 2 N–H and O–H groups in total. The van der Waals surface area contributed by atoms with E-state index < -0.39 is 0 Å². The number of hydrogen-bond acceptors (Lipinski definition) is 4. The Kier molecular flexibility index (Phi) is 11.6. The van der Waals surface area contributed by atoms with E-state index in [9.17, 15) is 0 Å². The number of guanidine groups is 1. The van der Waals surface area contributed by atoms with E-state index in [1.54, 1.807) is 13.3 Å². The van der Waals surface area contributed by atoms with Gasteiger partial charge < -0.3 is 20.1 Å². The Morgan fingerprint density at radius 2 is 2.08 bits per heavy atom. The molecular weight excluding hydrogens is 431 g/mol. The molecule has 6 nitrogen and oxygen atoms in total. The van der Waals surface area contributed by atoms with Crippen molar-refractivity contribution >= 4 is 29.9 Å². The largest absolute Gasteiger partial charge is 0.474 e. The zero-order chi connectivity index (χ0) is 17.0. The summed E-state index contributed by atoms with van der Waals surface area (Å²) in [6, 6.07) is 3.98. The summed E-state index contributed by atoms with van der Waals surface area (Å²) in [5, 5.41) is 6.47. The summed E-state index contributed by atoms with van der Waals surface area (Å²) in [6.45, 7) is 4.85. The average molecular weight is 462 g/mol. The molecule has 0 unspecified atom stereocenters. The monoisotopic (exact) mass is 462 g/mol. The fraction of sp³-hybridized carbons (Fsp3) is 0.667. The van der Waals surface area contributed by atoms with Crippen molar-refractivity contribution in [3.63, 3.8) is 0 Å². The first-order valence-corrected chi connectivity index (χ1v) is 8.94. The summed E-state index contributed by atoms with van der Waals surface area (Å²) < 4.78 is 11.1. The Bertz CT molecular complexity index is 508. The minimum Gasteiger partial charge on any atom is -0.474 e. The molecule has 0 spiro atoms. The van der Waals surface area contributed by atoms with Gasteiger partial charge in [0.15, 0.2) is 5.96 Å². The van der Waals surface area contributed by atoms with Crippen molar-refractivity contribution in [2.75, 3.05) is 26.8 Å². The molecule has 0 saturated heterocycles. The topological polar surface area (TPSA) is 67.8 Å². The van der Waals surface area contributed by atoms with Crippen molar-refractivity contribution in [2.24, 2.45) is 4.99 Å². The van der Waals surface area contributed by atoms with Crippen molar-refractivity contribution in [1.82, 2.24) is 15.6 Å². The molecule has 2 rings (SSSR count). The molecule has 0 amide bonds. The highest BCUT2D eigenvalue weighted by Crippen LogP contribution is 2.22. The van der Waals surface area contributed by atoms with Crippen LogP contribution in [0.3, 0.4) is 0 Å². The first-order chi connectivity index (χ1) is 11.8. The second kappa shape index (κ2) is 13.2. The lowest BCUT2D eigenvalue weighted by molar-refractivity contribution is 0.148. The van der Waals surface area contributed by atoms with E-state index in [0.717, 1.165) is 37.5 Å². The van der Waals surface area contributed by atoms with Gasteiger partial charge in [-0.05, 0) is 44.2 Å². The van der Waals surface area contributed by atoms with Gasteiger partial charge in [0, 0.05) is 32.5 Å². The van der Waals surface area contributed by atoms with Crippen molar-refractivity contribution in [2.45, 2.75) is 51.7 Å². The summed E-state index contributed by atoms with van der Waals surface area (Å²) >= 11 is 0. The number of rotatable bonds is 8. The fourth-order valence-electron chi connectivity index (χ4n) is 2.75. The molecular formula is C18H31IN4O2. The molecule has 0 aromatic carbocycles. The van der Waals surface area contributed by atoms with Gasteiger partial charge in [-0.25, -0.2) is 9.98 Å². The predicted molar refractivity (Wildman–Crippen MR) is 112 cm³/mol. The van der Waals surface area contributed by atoms with Gasteiger partial charge in [0.1, 0.15) is 6.10 Å². The molecule has 0 aliphatic heterocycles. The lowest BCUT2D eigenvalue weighted by Crippen LogP contribution is -2.38. The second-order valence-corrected chi connectivity index (χ2v) is 5.99. The van der Waals surface area contributed by atoms with E-state index in [0.29, 0.717) is 25.1 Å². The van der Waals surface area contributed by atoms with Gasteiger partial charge in [-0.2, -0.15) is 0 Å².